The number of ether oxygens (including phenoxy) is 3. The van der Waals surface area contributed by atoms with Crippen molar-refractivity contribution in [2.24, 2.45) is 0 Å². The Bertz CT molecular complexity index is 1500. The Kier molecular flexibility index (Phi) is 9.52. The molecule has 8 nitrogen and oxygen atoms in total. The van der Waals surface area contributed by atoms with Crippen LogP contribution in [0.1, 0.15) is 54.2 Å². The van der Waals surface area contributed by atoms with E-state index in [0.29, 0.717) is 18.6 Å². The Morgan fingerprint density at radius 2 is 1.41 bits per heavy atom. The highest BCUT2D eigenvalue weighted by Gasteiger charge is 2.43. The lowest BCUT2D eigenvalue weighted by atomic mass is 9.80. The van der Waals surface area contributed by atoms with Crippen molar-refractivity contribution in [1.29, 1.82) is 0 Å². The summed E-state index contributed by atoms with van der Waals surface area (Å²) in [5, 5.41) is 0. The van der Waals surface area contributed by atoms with E-state index in [1.807, 2.05) is 54.6 Å². The van der Waals surface area contributed by atoms with Crippen molar-refractivity contribution in [3.63, 3.8) is 0 Å². The molecule has 0 saturated carbocycles. The Morgan fingerprint density at radius 1 is 0.841 bits per heavy atom. The topological polar surface area (TPSA) is 85.8 Å². The number of hydrogen-bond acceptors (Lipinski definition) is 6. The molecule has 44 heavy (non-hydrogen) atoms. The van der Waals surface area contributed by atoms with E-state index in [4.69, 9.17) is 14.2 Å². The second kappa shape index (κ2) is 13.9. The maximum Gasteiger partial charge on any atom is 0.330 e. The van der Waals surface area contributed by atoms with Crippen molar-refractivity contribution in [1.82, 2.24) is 14.5 Å². The van der Waals surface area contributed by atoms with Crippen LogP contribution in [-0.4, -0.2) is 59.5 Å². The molecule has 1 aromatic heterocycles. The second-order valence-corrected chi connectivity index (χ2v) is 11.7. The summed E-state index contributed by atoms with van der Waals surface area (Å²) in [7, 11) is 0. The molecule has 3 aromatic carbocycles. The highest BCUT2D eigenvalue weighted by atomic mass is 16.6. The largest absolute Gasteiger partial charge is 0.374 e. The van der Waals surface area contributed by atoms with E-state index >= 15 is 0 Å². The van der Waals surface area contributed by atoms with Crippen LogP contribution in [0.4, 0.5) is 0 Å². The van der Waals surface area contributed by atoms with E-state index in [0.717, 1.165) is 36.3 Å². The van der Waals surface area contributed by atoms with Crippen molar-refractivity contribution in [2.75, 3.05) is 32.8 Å². The van der Waals surface area contributed by atoms with Gasteiger partial charge in [-0.3, -0.25) is 14.3 Å². The van der Waals surface area contributed by atoms with E-state index in [9.17, 15) is 9.59 Å². The summed E-state index contributed by atoms with van der Waals surface area (Å²) in [6, 6.07) is 30.7. The van der Waals surface area contributed by atoms with Crippen LogP contribution in [0, 0.1) is 6.92 Å². The molecule has 6 rings (SSSR count). The zero-order chi connectivity index (χ0) is 30.4. The minimum absolute atomic E-state index is 0.223. The smallest absolute Gasteiger partial charge is 0.330 e. The number of H-pyrrole nitrogens is 1. The van der Waals surface area contributed by atoms with Gasteiger partial charge < -0.3 is 19.1 Å². The second-order valence-electron chi connectivity index (χ2n) is 11.7. The Balaban J connectivity index is 1.31. The van der Waals surface area contributed by atoms with Gasteiger partial charge in [-0.1, -0.05) is 97.4 Å². The Labute approximate surface area is 258 Å². The summed E-state index contributed by atoms with van der Waals surface area (Å²) in [5.74, 6) is 0. The fraction of sp³-hybridized carbons (Fsp3) is 0.389. The molecule has 0 bridgehead atoms. The van der Waals surface area contributed by atoms with Crippen LogP contribution in [0.25, 0.3) is 0 Å². The molecule has 230 valence electrons. The molecule has 3 heterocycles. The van der Waals surface area contributed by atoms with Crippen LogP contribution >= 0.6 is 0 Å². The van der Waals surface area contributed by atoms with E-state index in [1.165, 1.54) is 23.8 Å². The molecule has 2 saturated heterocycles. The van der Waals surface area contributed by atoms with Crippen LogP contribution < -0.4 is 11.2 Å². The van der Waals surface area contributed by atoms with Crippen LogP contribution in [0.5, 0.6) is 0 Å². The lowest BCUT2D eigenvalue weighted by Gasteiger charge is -2.37. The first-order valence-electron chi connectivity index (χ1n) is 15.7. The van der Waals surface area contributed by atoms with Crippen LogP contribution in [0.2, 0.25) is 0 Å². The molecule has 2 aliphatic heterocycles. The van der Waals surface area contributed by atoms with Gasteiger partial charge in [-0.05, 0) is 49.5 Å². The first kappa shape index (κ1) is 30.2. The molecule has 0 unspecified atom stereocenters. The first-order chi connectivity index (χ1) is 21.5. The summed E-state index contributed by atoms with van der Waals surface area (Å²) in [6.45, 7) is 5.52. The van der Waals surface area contributed by atoms with E-state index in [-0.39, 0.29) is 12.7 Å². The third-order valence-corrected chi connectivity index (χ3v) is 8.83. The predicted molar refractivity (Wildman–Crippen MR) is 170 cm³/mol. The number of aromatic amines is 1. The van der Waals surface area contributed by atoms with Crippen molar-refractivity contribution < 1.29 is 14.2 Å². The lowest BCUT2D eigenvalue weighted by molar-refractivity contribution is -0.105. The normalized spacial score (nSPS) is 21.0. The summed E-state index contributed by atoms with van der Waals surface area (Å²) < 4.78 is 21.6. The molecule has 2 aliphatic rings. The molecule has 1 N–H and O–H groups in total. The van der Waals surface area contributed by atoms with Crippen LogP contribution in [-0.2, 0) is 19.8 Å². The summed E-state index contributed by atoms with van der Waals surface area (Å²) in [4.78, 5) is 29.8. The van der Waals surface area contributed by atoms with Crippen LogP contribution in [0.15, 0.2) is 107 Å². The van der Waals surface area contributed by atoms with Crippen molar-refractivity contribution in [3.05, 3.63) is 140 Å². The third kappa shape index (κ3) is 6.49. The van der Waals surface area contributed by atoms with Gasteiger partial charge in [0.05, 0.1) is 19.3 Å². The number of nitrogens with one attached hydrogen (secondary N) is 1. The minimum atomic E-state index is -0.908. The zero-order valence-electron chi connectivity index (χ0n) is 25.3. The maximum absolute atomic E-state index is 12.8. The summed E-state index contributed by atoms with van der Waals surface area (Å²) >= 11 is 0. The number of aryl methyl sites for hydroxylation is 1. The molecular weight excluding hydrogens is 554 g/mol. The van der Waals surface area contributed by atoms with Crippen LogP contribution in [0.3, 0.4) is 0 Å². The molecule has 0 radical (unpaired) electrons. The van der Waals surface area contributed by atoms with Crippen molar-refractivity contribution in [2.45, 2.75) is 56.6 Å². The van der Waals surface area contributed by atoms with Gasteiger partial charge >= 0.3 is 5.69 Å². The number of rotatable bonds is 11. The number of piperidine rings is 1. The third-order valence-electron chi connectivity index (χ3n) is 8.83. The first-order valence-corrected chi connectivity index (χ1v) is 15.7. The molecular formula is C36H41N3O5. The Morgan fingerprint density at radius 3 is 1.98 bits per heavy atom. The maximum atomic E-state index is 12.8. The SMILES string of the molecule is Cc1cn([C@H]2C[C@H](OCCN3CCCCC3)[C@@H](COC(c3ccccc3)(c3ccccc3)c3ccccc3)O2)c(=O)[nH]c1=O. The van der Waals surface area contributed by atoms with Gasteiger partial charge in [0.1, 0.15) is 17.9 Å². The molecule has 0 amide bonds. The van der Waals surface area contributed by atoms with Crippen molar-refractivity contribution >= 4 is 0 Å². The van der Waals surface area contributed by atoms with Gasteiger partial charge in [-0.15, -0.1) is 0 Å². The standard InChI is InChI=1S/C36H41N3O5/c1-27-25-39(35(41)37-34(27)40)33-24-31(42-23-22-38-20-12-5-13-21-38)32(44-33)26-43-36(28-14-6-2-7-15-28,29-16-8-3-9-17-29)30-18-10-4-11-19-30/h2-4,6-11,14-19,25,31-33H,5,12-13,20-24,26H2,1H3,(H,37,40,41)/t31-,32+,33+/m0/s1. The van der Waals surface area contributed by atoms with Gasteiger partial charge in [-0.25, -0.2) is 4.79 Å². The number of likely N-dealkylation sites (tertiary alicyclic amines) is 1. The van der Waals surface area contributed by atoms with Gasteiger partial charge in [0, 0.05) is 24.7 Å². The van der Waals surface area contributed by atoms with E-state index in [2.05, 4.69) is 46.3 Å². The number of benzene rings is 3. The van der Waals surface area contributed by atoms with Crippen molar-refractivity contribution in [3.8, 4) is 0 Å². The number of hydrogen-bond donors (Lipinski definition) is 1. The van der Waals surface area contributed by atoms with Gasteiger partial charge in [0.2, 0.25) is 0 Å². The number of nitrogens with zero attached hydrogens (tertiary/aromatic N) is 2. The molecule has 4 aromatic rings. The number of aromatic nitrogens is 2. The highest BCUT2D eigenvalue weighted by molar-refractivity contribution is 5.47. The fourth-order valence-electron chi connectivity index (χ4n) is 6.49. The highest BCUT2D eigenvalue weighted by Crippen LogP contribution is 2.41. The minimum Gasteiger partial charge on any atom is -0.374 e. The monoisotopic (exact) mass is 595 g/mol. The lowest BCUT2D eigenvalue weighted by Crippen LogP contribution is -2.39. The predicted octanol–water partition coefficient (Wildman–Crippen LogP) is 5.01. The quantitative estimate of drug-likeness (QED) is 0.246. The molecule has 2 fully saturated rings. The average molecular weight is 596 g/mol. The molecule has 0 spiro atoms. The van der Waals surface area contributed by atoms with Gasteiger partial charge in [0.25, 0.3) is 5.56 Å². The zero-order valence-corrected chi connectivity index (χ0v) is 25.3. The summed E-state index contributed by atoms with van der Waals surface area (Å²) in [6.07, 6.45) is 4.43. The molecule has 8 heteroatoms. The van der Waals surface area contributed by atoms with Gasteiger partial charge in [0.15, 0.2) is 0 Å². The molecule has 0 aliphatic carbocycles. The Hall–Kier alpha value is -3.82. The van der Waals surface area contributed by atoms with Gasteiger partial charge in [-0.2, -0.15) is 0 Å². The van der Waals surface area contributed by atoms with E-state index in [1.54, 1.807) is 13.1 Å². The average Bonchev–Trinajstić information content (AvgIpc) is 3.47. The molecule has 3 atom stereocenters. The fourth-order valence-corrected chi connectivity index (χ4v) is 6.49. The summed E-state index contributed by atoms with van der Waals surface area (Å²) in [5.41, 5.74) is 1.66. The van der Waals surface area contributed by atoms with E-state index < -0.39 is 29.2 Å².